The minimum atomic E-state index is -0.214. The van der Waals surface area contributed by atoms with Crippen molar-refractivity contribution in [3.63, 3.8) is 0 Å². The lowest BCUT2D eigenvalue weighted by Gasteiger charge is -2.08. The van der Waals surface area contributed by atoms with E-state index in [1.165, 1.54) is 17.0 Å². The summed E-state index contributed by atoms with van der Waals surface area (Å²) < 4.78 is 3.22. The summed E-state index contributed by atoms with van der Waals surface area (Å²) in [5.41, 5.74) is 2.46. The predicted molar refractivity (Wildman–Crippen MR) is 85.5 cm³/mol. The highest BCUT2D eigenvalue weighted by Gasteiger charge is 2.15. The highest BCUT2D eigenvalue weighted by atomic mass is 16.2. The van der Waals surface area contributed by atoms with Crippen LogP contribution >= 0.6 is 0 Å². The molecule has 0 aromatic carbocycles. The van der Waals surface area contributed by atoms with E-state index in [2.05, 4.69) is 15.3 Å². The molecule has 0 radical (unpaired) electrons. The molecule has 3 rings (SSSR count). The Kier molecular flexibility index (Phi) is 3.92. The Bertz CT molecular complexity index is 926. The third-order valence-electron chi connectivity index (χ3n) is 3.57. The number of hydrogen-bond acceptors (Lipinski definition) is 4. The number of aromatic nitrogens is 4. The molecule has 0 unspecified atom stereocenters. The summed E-state index contributed by atoms with van der Waals surface area (Å²) in [7, 11) is 0. The molecule has 3 heterocycles. The van der Waals surface area contributed by atoms with E-state index in [9.17, 15) is 9.59 Å². The van der Waals surface area contributed by atoms with Gasteiger partial charge in [-0.2, -0.15) is 0 Å². The van der Waals surface area contributed by atoms with Crippen LogP contribution in [-0.4, -0.2) is 31.4 Å². The summed E-state index contributed by atoms with van der Waals surface area (Å²) in [6.07, 6.45) is 3.29. The Morgan fingerprint density at radius 1 is 1.30 bits per heavy atom. The molecule has 3 aromatic heterocycles. The van der Waals surface area contributed by atoms with Gasteiger partial charge in [0.25, 0.3) is 11.5 Å². The molecule has 7 heteroatoms. The molecule has 0 aliphatic heterocycles. The number of pyridine rings is 1. The molecule has 0 aliphatic carbocycles. The van der Waals surface area contributed by atoms with Crippen molar-refractivity contribution in [2.45, 2.75) is 20.4 Å². The number of hydrogen-bond donors (Lipinski definition) is 1. The van der Waals surface area contributed by atoms with Crippen LogP contribution in [0.3, 0.4) is 0 Å². The molecule has 0 atom stereocenters. The minimum absolute atomic E-state index is 0.127. The number of carbonyl (C=O) groups is 1. The molecule has 1 N–H and O–H groups in total. The number of nitrogens with one attached hydrogen (secondary N) is 1. The third kappa shape index (κ3) is 2.98. The molecule has 0 spiro atoms. The summed E-state index contributed by atoms with van der Waals surface area (Å²) in [4.78, 5) is 32.6. The van der Waals surface area contributed by atoms with Crippen molar-refractivity contribution in [2.24, 2.45) is 0 Å². The maximum absolute atomic E-state index is 12.4. The maximum atomic E-state index is 12.4. The quantitative estimate of drug-likeness (QED) is 0.777. The molecule has 23 heavy (non-hydrogen) atoms. The van der Waals surface area contributed by atoms with Crippen LogP contribution in [0.1, 0.15) is 21.9 Å². The molecule has 118 valence electrons. The zero-order chi connectivity index (χ0) is 16.4. The van der Waals surface area contributed by atoms with Gasteiger partial charge < -0.3 is 5.32 Å². The number of rotatable bonds is 4. The molecule has 3 aromatic rings. The Morgan fingerprint density at radius 3 is 2.91 bits per heavy atom. The fourth-order valence-corrected chi connectivity index (χ4v) is 2.45. The van der Waals surface area contributed by atoms with Crippen molar-refractivity contribution < 1.29 is 4.79 Å². The van der Waals surface area contributed by atoms with E-state index in [0.717, 1.165) is 5.65 Å². The largest absolute Gasteiger partial charge is 0.349 e. The van der Waals surface area contributed by atoms with E-state index < -0.39 is 0 Å². The summed E-state index contributed by atoms with van der Waals surface area (Å²) in [5.74, 6) is -0.214. The van der Waals surface area contributed by atoms with E-state index >= 15 is 0 Å². The van der Waals surface area contributed by atoms with Gasteiger partial charge in [0.05, 0.1) is 12.0 Å². The van der Waals surface area contributed by atoms with Gasteiger partial charge in [-0.25, -0.2) is 9.97 Å². The normalized spacial score (nSPS) is 10.9. The number of amides is 1. The molecule has 7 nitrogen and oxygen atoms in total. The number of carbonyl (C=O) groups excluding carboxylic acids is 1. The zero-order valence-electron chi connectivity index (χ0n) is 13.0. The van der Waals surface area contributed by atoms with E-state index in [4.69, 9.17) is 0 Å². The Balaban J connectivity index is 1.72. The van der Waals surface area contributed by atoms with Crippen LogP contribution in [0, 0.1) is 13.8 Å². The first-order valence-electron chi connectivity index (χ1n) is 7.31. The molecule has 0 fully saturated rings. The highest BCUT2D eigenvalue weighted by Crippen LogP contribution is 2.11. The van der Waals surface area contributed by atoms with Crippen LogP contribution in [-0.2, 0) is 6.54 Å². The van der Waals surface area contributed by atoms with E-state index in [0.29, 0.717) is 30.2 Å². The molecule has 0 bridgehead atoms. The van der Waals surface area contributed by atoms with Crippen molar-refractivity contribution in [2.75, 3.05) is 6.54 Å². The van der Waals surface area contributed by atoms with Crippen LogP contribution in [0.15, 0.2) is 41.6 Å². The maximum Gasteiger partial charge on any atom is 0.270 e. The molecule has 0 saturated heterocycles. The summed E-state index contributed by atoms with van der Waals surface area (Å²) in [5, 5.41) is 2.82. The van der Waals surface area contributed by atoms with Crippen LogP contribution in [0.4, 0.5) is 0 Å². The van der Waals surface area contributed by atoms with Gasteiger partial charge in [0.1, 0.15) is 11.3 Å². The van der Waals surface area contributed by atoms with Crippen molar-refractivity contribution >= 4 is 11.6 Å². The van der Waals surface area contributed by atoms with Crippen LogP contribution < -0.4 is 10.9 Å². The summed E-state index contributed by atoms with van der Waals surface area (Å²) in [6.45, 7) is 4.27. The summed E-state index contributed by atoms with van der Waals surface area (Å²) >= 11 is 0. The smallest absolute Gasteiger partial charge is 0.270 e. The van der Waals surface area contributed by atoms with Crippen molar-refractivity contribution in [3.8, 4) is 0 Å². The Labute approximate surface area is 132 Å². The Morgan fingerprint density at radius 2 is 2.13 bits per heavy atom. The van der Waals surface area contributed by atoms with Gasteiger partial charge >= 0.3 is 0 Å². The second-order valence-electron chi connectivity index (χ2n) is 5.29. The topological polar surface area (TPSA) is 81.3 Å². The highest BCUT2D eigenvalue weighted by molar-refractivity contribution is 5.94. The first-order chi connectivity index (χ1) is 11.1. The van der Waals surface area contributed by atoms with Crippen LogP contribution in [0.2, 0.25) is 0 Å². The average molecular weight is 311 g/mol. The Hall–Kier alpha value is -2.96. The van der Waals surface area contributed by atoms with Crippen molar-refractivity contribution in [1.29, 1.82) is 0 Å². The lowest BCUT2D eigenvalue weighted by atomic mass is 10.3. The van der Waals surface area contributed by atoms with Gasteiger partial charge in [-0.1, -0.05) is 6.07 Å². The lowest BCUT2D eigenvalue weighted by Crippen LogP contribution is -2.31. The first-order valence-corrected chi connectivity index (χ1v) is 7.31. The van der Waals surface area contributed by atoms with Crippen molar-refractivity contribution in [1.82, 2.24) is 24.3 Å². The van der Waals surface area contributed by atoms with Gasteiger partial charge in [-0.3, -0.25) is 18.6 Å². The molecular weight excluding hydrogens is 294 g/mol. The molecular formula is C16H17N5O2. The van der Waals surface area contributed by atoms with Crippen LogP contribution in [0.5, 0.6) is 0 Å². The van der Waals surface area contributed by atoms with E-state index in [1.54, 1.807) is 24.4 Å². The van der Waals surface area contributed by atoms with Gasteiger partial charge in [-0.15, -0.1) is 0 Å². The second kappa shape index (κ2) is 6.04. The fraction of sp³-hybridized carbons (Fsp3) is 0.250. The molecule has 0 aliphatic rings. The van der Waals surface area contributed by atoms with Gasteiger partial charge in [-0.05, 0) is 26.0 Å². The number of imidazole rings is 1. The predicted octanol–water partition coefficient (Wildman–Crippen LogP) is 0.938. The standard InChI is InChI=1S/C16H17N5O2/c1-11-9-14(22)20(10-18-11)8-6-17-16(23)15-12(2)19-13-5-3-4-7-21(13)15/h3-5,7,9-10H,6,8H2,1-2H3,(H,17,23). The molecule has 1 amide bonds. The SMILES string of the molecule is Cc1cc(=O)n(CCNC(=O)c2c(C)nc3ccccn23)cn1. The number of nitrogens with zero attached hydrogens (tertiary/aromatic N) is 4. The lowest BCUT2D eigenvalue weighted by molar-refractivity contribution is 0.0945. The van der Waals surface area contributed by atoms with Gasteiger partial charge in [0.15, 0.2) is 0 Å². The number of fused-ring (bicyclic) bond motifs is 1. The van der Waals surface area contributed by atoms with E-state index in [-0.39, 0.29) is 11.5 Å². The summed E-state index contributed by atoms with van der Waals surface area (Å²) in [6, 6.07) is 7.04. The van der Waals surface area contributed by atoms with E-state index in [1.807, 2.05) is 18.2 Å². The zero-order valence-corrected chi connectivity index (χ0v) is 13.0. The van der Waals surface area contributed by atoms with Gasteiger partial charge in [0.2, 0.25) is 0 Å². The average Bonchev–Trinajstić information content (AvgIpc) is 2.85. The minimum Gasteiger partial charge on any atom is -0.349 e. The number of aryl methyl sites for hydroxylation is 2. The van der Waals surface area contributed by atoms with Crippen molar-refractivity contribution in [3.05, 3.63) is 64.2 Å². The monoisotopic (exact) mass is 311 g/mol. The first kappa shape index (κ1) is 15.0. The fourth-order valence-electron chi connectivity index (χ4n) is 2.45. The van der Waals surface area contributed by atoms with Gasteiger partial charge in [0, 0.05) is 31.0 Å². The third-order valence-corrected chi connectivity index (χ3v) is 3.57. The van der Waals surface area contributed by atoms with Crippen LogP contribution in [0.25, 0.3) is 5.65 Å². The molecule has 0 saturated carbocycles. The second-order valence-corrected chi connectivity index (χ2v) is 5.29.